The van der Waals surface area contributed by atoms with Crippen LogP contribution in [0.5, 0.6) is 0 Å². The van der Waals surface area contributed by atoms with Crippen molar-refractivity contribution in [3.63, 3.8) is 0 Å². The third-order valence-corrected chi connectivity index (χ3v) is 2.45. The molecule has 5 nitrogen and oxygen atoms in total. The number of carbonyl (C=O) groups is 1. The first kappa shape index (κ1) is 12.3. The number of oxazole rings is 1. The van der Waals surface area contributed by atoms with Crippen molar-refractivity contribution in [1.29, 1.82) is 0 Å². The fourth-order valence-electron chi connectivity index (χ4n) is 1.59. The molecule has 0 fully saturated rings. The Balaban J connectivity index is 2.36. The number of hydrogen-bond donors (Lipinski definition) is 1. The Morgan fingerprint density at radius 2 is 2.11 bits per heavy atom. The maximum atomic E-state index is 11.1. The van der Waals surface area contributed by atoms with E-state index in [1.807, 2.05) is 30.3 Å². The molecule has 2 aromatic rings. The molecule has 0 aliphatic heterocycles. The second-order valence-electron chi connectivity index (χ2n) is 3.70. The van der Waals surface area contributed by atoms with Crippen LogP contribution in [0.2, 0.25) is 0 Å². The topological polar surface area (TPSA) is 72.6 Å². The average Bonchev–Trinajstić information content (AvgIpc) is 2.81. The van der Waals surface area contributed by atoms with Gasteiger partial charge in [-0.05, 0) is 12.1 Å². The van der Waals surface area contributed by atoms with E-state index in [1.54, 1.807) is 7.11 Å². The van der Waals surface area contributed by atoms with Crippen LogP contribution < -0.4 is 0 Å². The van der Waals surface area contributed by atoms with Crippen LogP contribution in [0.1, 0.15) is 16.2 Å². The zero-order chi connectivity index (χ0) is 13.0. The van der Waals surface area contributed by atoms with E-state index < -0.39 is 5.97 Å². The summed E-state index contributed by atoms with van der Waals surface area (Å²) < 4.78 is 10.4. The second kappa shape index (κ2) is 5.46. The molecule has 0 spiro atoms. The number of benzene rings is 1. The molecule has 0 atom stereocenters. The highest BCUT2D eigenvalue weighted by Crippen LogP contribution is 2.22. The van der Waals surface area contributed by atoms with Crippen LogP contribution in [0.25, 0.3) is 11.5 Å². The van der Waals surface area contributed by atoms with Crippen LogP contribution in [0.15, 0.2) is 34.7 Å². The maximum absolute atomic E-state index is 11.1. The number of carboxylic acids is 1. The number of nitrogens with zero attached hydrogens (tertiary/aromatic N) is 1. The lowest BCUT2D eigenvalue weighted by atomic mass is 10.2. The van der Waals surface area contributed by atoms with E-state index in [2.05, 4.69) is 4.98 Å². The van der Waals surface area contributed by atoms with Crippen LogP contribution in [0.4, 0.5) is 0 Å². The summed E-state index contributed by atoms with van der Waals surface area (Å²) in [5.74, 6) is -0.436. The standard InChI is InChI=1S/C13H13NO4/c1-17-8-7-10-11(13(15)16)14-12(18-10)9-5-3-2-4-6-9/h2-6H,7-8H2,1H3,(H,15,16). The Hall–Kier alpha value is -2.14. The maximum Gasteiger partial charge on any atom is 0.358 e. The highest BCUT2D eigenvalue weighted by molar-refractivity contribution is 5.87. The van der Waals surface area contributed by atoms with Gasteiger partial charge in [-0.2, -0.15) is 0 Å². The van der Waals surface area contributed by atoms with Crippen LogP contribution >= 0.6 is 0 Å². The van der Waals surface area contributed by atoms with E-state index in [9.17, 15) is 4.79 Å². The molecule has 0 aliphatic carbocycles. The molecule has 1 heterocycles. The van der Waals surface area contributed by atoms with Crippen LogP contribution in [0, 0.1) is 0 Å². The first-order valence-corrected chi connectivity index (χ1v) is 5.49. The van der Waals surface area contributed by atoms with Crippen molar-refractivity contribution in [1.82, 2.24) is 4.98 Å². The molecule has 18 heavy (non-hydrogen) atoms. The summed E-state index contributed by atoms with van der Waals surface area (Å²) in [6, 6.07) is 9.19. The summed E-state index contributed by atoms with van der Waals surface area (Å²) >= 11 is 0. The van der Waals surface area contributed by atoms with Crippen LogP contribution in [0.3, 0.4) is 0 Å². The van der Waals surface area contributed by atoms with Crippen LogP contribution in [-0.2, 0) is 11.2 Å². The molecule has 1 aromatic heterocycles. The number of methoxy groups -OCH3 is 1. The first-order valence-electron chi connectivity index (χ1n) is 5.49. The summed E-state index contributed by atoms with van der Waals surface area (Å²) in [6.07, 6.45) is 0.387. The van der Waals surface area contributed by atoms with Crippen molar-refractivity contribution >= 4 is 5.97 Å². The number of aromatic carboxylic acids is 1. The SMILES string of the molecule is COCCc1oc(-c2ccccc2)nc1C(=O)O. The van der Waals surface area contributed by atoms with Crippen molar-refractivity contribution in [2.24, 2.45) is 0 Å². The van der Waals surface area contributed by atoms with E-state index in [-0.39, 0.29) is 5.69 Å². The predicted octanol–water partition coefficient (Wildman–Crippen LogP) is 2.23. The van der Waals surface area contributed by atoms with Gasteiger partial charge in [0.15, 0.2) is 5.69 Å². The van der Waals surface area contributed by atoms with Gasteiger partial charge in [0, 0.05) is 19.1 Å². The van der Waals surface area contributed by atoms with Gasteiger partial charge in [-0.1, -0.05) is 18.2 Å². The number of aromatic nitrogens is 1. The normalized spacial score (nSPS) is 10.5. The smallest absolute Gasteiger partial charge is 0.358 e. The van der Waals surface area contributed by atoms with Crippen molar-refractivity contribution in [2.45, 2.75) is 6.42 Å². The van der Waals surface area contributed by atoms with Gasteiger partial charge in [-0.15, -0.1) is 0 Å². The summed E-state index contributed by atoms with van der Waals surface area (Å²) in [5, 5.41) is 9.06. The highest BCUT2D eigenvalue weighted by atomic mass is 16.5. The molecule has 0 aliphatic rings. The molecule has 0 unspecified atom stereocenters. The minimum absolute atomic E-state index is 0.0501. The molecular weight excluding hydrogens is 234 g/mol. The van der Waals surface area contributed by atoms with E-state index in [1.165, 1.54) is 0 Å². The summed E-state index contributed by atoms with van der Waals surface area (Å²) in [6.45, 7) is 0.393. The van der Waals surface area contributed by atoms with E-state index in [0.29, 0.717) is 24.7 Å². The lowest BCUT2D eigenvalue weighted by Gasteiger charge is -1.96. The fraction of sp³-hybridized carbons (Fsp3) is 0.231. The van der Waals surface area contributed by atoms with Crippen molar-refractivity contribution in [3.05, 3.63) is 41.8 Å². The van der Waals surface area contributed by atoms with Gasteiger partial charge in [-0.3, -0.25) is 0 Å². The van der Waals surface area contributed by atoms with Gasteiger partial charge in [0.05, 0.1) is 6.61 Å². The summed E-state index contributed by atoms with van der Waals surface area (Å²) in [7, 11) is 1.55. The molecule has 94 valence electrons. The minimum Gasteiger partial charge on any atom is -0.476 e. The zero-order valence-corrected chi connectivity index (χ0v) is 9.92. The Morgan fingerprint density at radius 1 is 1.39 bits per heavy atom. The van der Waals surface area contributed by atoms with E-state index in [0.717, 1.165) is 5.56 Å². The van der Waals surface area contributed by atoms with Crippen molar-refractivity contribution in [2.75, 3.05) is 13.7 Å². The Labute approximate surface area is 104 Å². The Kier molecular flexibility index (Phi) is 3.74. The minimum atomic E-state index is -1.09. The fourth-order valence-corrected chi connectivity index (χ4v) is 1.59. The number of ether oxygens (including phenoxy) is 1. The Morgan fingerprint density at radius 3 is 2.72 bits per heavy atom. The van der Waals surface area contributed by atoms with Crippen LogP contribution in [-0.4, -0.2) is 29.8 Å². The van der Waals surface area contributed by atoms with Gasteiger partial charge < -0.3 is 14.3 Å². The Bertz CT molecular complexity index is 533. The highest BCUT2D eigenvalue weighted by Gasteiger charge is 2.19. The monoisotopic (exact) mass is 247 g/mol. The number of hydrogen-bond acceptors (Lipinski definition) is 4. The third-order valence-electron chi connectivity index (χ3n) is 2.45. The van der Waals surface area contributed by atoms with Crippen molar-refractivity contribution in [3.8, 4) is 11.5 Å². The van der Waals surface area contributed by atoms with Gasteiger partial charge in [0.1, 0.15) is 5.76 Å². The molecule has 2 rings (SSSR count). The quantitative estimate of drug-likeness (QED) is 0.877. The summed E-state index contributed by atoms with van der Waals surface area (Å²) in [4.78, 5) is 15.1. The summed E-state index contributed by atoms with van der Waals surface area (Å²) in [5.41, 5.74) is 0.703. The van der Waals surface area contributed by atoms with Gasteiger partial charge in [0.2, 0.25) is 5.89 Å². The lowest BCUT2D eigenvalue weighted by Crippen LogP contribution is -2.03. The molecule has 5 heteroatoms. The van der Waals surface area contributed by atoms with Gasteiger partial charge >= 0.3 is 5.97 Å². The third kappa shape index (κ3) is 2.57. The molecule has 0 amide bonds. The molecule has 0 saturated heterocycles. The first-order chi connectivity index (χ1) is 8.72. The molecule has 0 radical (unpaired) electrons. The van der Waals surface area contributed by atoms with Gasteiger partial charge in [-0.25, -0.2) is 9.78 Å². The molecular formula is C13H13NO4. The molecule has 0 saturated carbocycles. The predicted molar refractivity (Wildman–Crippen MR) is 64.5 cm³/mol. The van der Waals surface area contributed by atoms with E-state index in [4.69, 9.17) is 14.3 Å². The molecule has 1 aromatic carbocycles. The molecule has 1 N–H and O–H groups in total. The largest absolute Gasteiger partial charge is 0.476 e. The number of carboxylic acid groups (broad SMARTS) is 1. The molecule has 0 bridgehead atoms. The zero-order valence-electron chi connectivity index (χ0n) is 9.92. The number of rotatable bonds is 5. The second-order valence-corrected chi connectivity index (χ2v) is 3.70. The van der Waals surface area contributed by atoms with Crippen molar-refractivity contribution < 1.29 is 19.1 Å². The average molecular weight is 247 g/mol. The van der Waals surface area contributed by atoms with E-state index >= 15 is 0 Å². The lowest BCUT2D eigenvalue weighted by molar-refractivity contribution is 0.0688. The van der Waals surface area contributed by atoms with Gasteiger partial charge in [0.25, 0.3) is 0 Å².